The topological polar surface area (TPSA) is 54.0 Å². The first-order valence-electron chi connectivity index (χ1n) is 6.18. The zero-order chi connectivity index (χ0) is 12.1. The largest absolute Gasteiger partial charge is 0.316 e. The van der Waals surface area contributed by atoms with Gasteiger partial charge in [0.25, 0.3) is 0 Å². The number of carbonyl (C=O) groups is 1. The highest BCUT2D eigenvalue weighted by Gasteiger charge is 2.15. The summed E-state index contributed by atoms with van der Waals surface area (Å²) in [4.78, 5) is 15.9. The van der Waals surface area contributed by atoms with Gasteiger partial charge in [-0.15, -0.1) is 0 Å². The van der Waals surface area contributed by atoms with Crippen molar-refractivity contribution in [1.29, 1.82) is 0 Å². The number of amides is 1. The quantitative estimate of drug-likeness (QED) is 0.832. The molecule has 2 heterocycles. The highest BCUT2D eigenvalue weighted by molar-refractivity contribution is 5.90. The van der Waals surface area contributed by atoms with E-state index in [-0.39, 0.29) is 5.91 Å². The van der Waals surface area contributed by atoms with Crippen LogP contribution in [-0.4, -0.2) is 24.0 Å². The van der Waals surface area contributed by atoms with Crippen LogP contribution in [0.1, 0.15) is 24.8 Å². The van der Waals surface area contributed by atoms with Crippen LogP contribution in [0.3, 0.4) is 0 Å². The third-order valence-corrected chi connectivity index (χ3v) is 3.21. The number of nitrogens with one attached hydrogen (secondary N) is 2. The van der Waals surface area contributed by atoms with Gasteiger partial charge in [0.1, 0.15) is 5.82 Å². The minimum atomic E-state index is 0.0682. The van der Waals surface area contributed by atoms with E-state index in [1.165, 1.54) is 6.42 Å². The predicted octanol–water partition coefficient (Wildman–Crippen LogP) is 1.72. The Kier molecular flexibility index (Phi) is 4.09. The number of pyridine rings is 1. The van der Waals surface area contributed by atoms with Crippen molar-refractivity contribution < 1.29 is 4.79 Å². The highest BCUT2D eigenvalue weighted by atomic mass is 16.1. The number of carbonyl (C=O) groups excluding carboxylic acids is 1. The molecular weight excluding hydrogens is 214 g/mol. The minimum absolute atomic E-state index is 0.0682. The van der Waals surface area contributed by atoms with Gasteiger partial charge < -0.3 is 10.6 Å². The van der Waals surface area contributed by atoms with Crippen LogP contribution in [0.5, 0.6) is 0 Å². The molecule has 0 bridgehead atoms. The Balaban J connectivity index is 1.79. The van der Waals surface area contributed by atoms with E-state index in [1.807, 2.05) is 19.1 Å². The van der Waals surface area contributed by atoms with Gasteiger partial charge in [-0.25, -0.2) is 4.98 Å². The summed E-state index contributed by atoms with van der Waals surface area (Å²) in [6.07, 6.45) is 4.44. The van der Waals surface area contributed by atoms with Gasteiger partial charge in [0.15, 0.2) is 0 Å². The number of aromatic nitrogens is 1. The van der Waals surface area contributed by atoms with Gasteiger partial charge >= 0.3 is 0 Å². The van der Waals surface area contributed by atoms with E-state index in [2.05, 4.69) is 15.6 Å². The molecule has 1 aliphatic heterocycles. The highest BCUT2D eigenvalue weighted by Crippen LogP contribution is 2.15. The van der Waals surface area contributed by atoms with Crippen molar-refractivity contribution in [2.24, 2.45) is 5.92 Å². The van der Waals surface area contributed by atoms with Crippen LogP contribution in [0.2, 0.25) is 0 Å². The van der Waals surface area contributed by atoms with Gasteiger partial charge in [-0.2, -0.15) is 0 Å². The number of anilines is 1. The Morgan fingerprint density at radius 3 is 3.24 bits per heavy atom. The molecule has 0 aromatic carbocycles. The maximum Gasteiger partial charge on any atom is 0.225 e. The van der Waals surface area contributed by atoms with E-state index in [0.29, 0.717) is 18.2 Å². The van der Waals surface area contributed by atoms with Gasteiger partial charge in [0.05, 0.1) is 0 Å². The lowest BCUT2D eigenvalue weighted by Crippen LogP contribution is -2.16. The molecule has 4 heteroatoms. The molecule has 1 aromatic heterocycles. The molecule has 1 aliphatic rings. The van der Waals surface area contributed by atoms with E-state index in [1.54, 1.807) is 6.20 Å². The Labute approximate surface area is 102 Å². The van der Waals surface area contributed by atoms with Gasteiger partial charge in [0.2, 0.25) is 5.91 Å². The van der Waals surface area contributed by atoms with Gasteiger partial charge in [-0.3, -0.25) is 4.79 Å². The van der Waals surface area contributed by atoms with Crippen molar-refractivity contribution in [2.75, 3.05) is 18.4 Å². The lowest BCUT2D eigenvalue weighted by molar-refractivity contribution is -0.116. The van der Waals surface area contributed by atoms with Gasteiger partial charge in [0, 0.05) is 12.6 Å². The average Bonchev–Trinajstić information content (AvgIpc) is 2.82. The second-order valence-electron chi connectivity index (χ2n) is 4.61. The molecule has 1 aromatic rings. The summed E-state index contributed by atoms with van der Waals surface area (Å²) < 4.78 is 0. The van der Waals surface area contributed by atoms with E-state index < -0.39 is 0 Å². The summed E-state index contributed by atoms with van der Waals surface area (Å²) in [7, 11) is 0. The molecule has 0 aliphatic carbocycles. The van der Waals surface area contributed by atoms with Crippen molar-refractivity contribution in [3.05, 3.63) is 23.9 Å². The average molecular weight is 233 g/mol. The van der Waals surface area contributed by atoms with Gasteiger partial charge in [-0.05, 0) is 50.4 Å². The molecule has 0 saturated carbocycles. The van der Waals surface area contributed by atoms with Crippen LogP contribution in [0.4, 0.5) is 5.82 Å². The zero-order valence-electron chi connectivity index (χ0n) is 10.2. The fourth-order valence-electron chi connectivity index (χ4n) is 2.11. The first-order chi connectivity index (χ1) is 8.25. The maximum atomic E-state index is 11.7. The van der Waals surface area contributed by atoms with E-state index >= 15 is 0 Å². The van der Waals surface area contributed by atoms with Crippen molar-refractivity contribution in [1.82, 2.24) is 10.3 Å². The molecule has 1 unspecified atom stereocenters. The van der Waals surface area contributed by atoms with Crippen molar-refractivity contribution in [3.8, 4) is 0 Å². The third-order valence-electron chi connectivity index (χ3n) is 3.21. The van der Waals surface area contributed by atoms with Crippen LogP contribution in [0.25, 0.3) is 0 Å². The van der Waals surface area contributed by atoms with Crippen LogP contribution >= 0.6 is 0 Å². The minimum Gasteiger partial charge on any atom is -0.316 e. The van der Waals surface area contributed by atoms with Crippen LogP contribution in [-0.2, 0) is 4.79 Å². The number of aryl methyl sites for hydroxylation is 1. The predicted molar refractivity (Wildman–Crippen MR) is 67.8 cm³/mol. The summed E-state index contributed by atoms with van der Waals surface area (Å²) in [6, 6.07) is 3.82. The Morgan fingerprint density at radius 1 is 1.65 bits per heavy atom. The number of hydrogen-bond acceptors (Lipinski definition) is 3. The summed E-state index contributed by atoms with van der Waals surface area (Å²) in [5, 5.41) is 6.17. The van der Waals surface area contributed by atoms with Crippen molar-refractivity contribution in [3.63, 3.8) is 0 Å². The summed E-state index contributed by atoms with van der Waals surface area (Å²) in [6.45, 7) is 4.09. The van der Waals surface area contributed by atoms with E-state index in [9.17, 15) is 4.79 Å². The fraction of sp³-hybridized carbons (Fsp3) is 0.538. The van der Waals surface area contributed by atoms with E-state index in [0.717, 1.165) is 25.1 Å². The molecular formula is C13H19N3O. The molecule has 4 nitrogen and oxygen atoms in total. The second kappa shape index (κ2) is 5.77. The standard InChI is InChI=1S/C13H19N3O/c1-10-3-2-7-15-13(10)16-12(17)5-4-11-6-8-14-9-11/h2-3,7,11,14H,4-6,8-9H2,1H3,(H,15,16,17). The Morgan fingerprint density at radius 2 is 2.53 bits per heavy atom. The molecule has 1 fully saturated rings. The molecule has 17 heavy (non-hydrogen) atoms. The molecule has 0 radical (unpaired) electrons. The number of nitrogens with zero attached hydrogens (tertiary/aromatic N) is 1. The van der Waals surface area contributed by atoms with Crippen LogP contribution in [0.15, 0.2) is 18.3 Å². The fourth-order valence-corrected chi connectivity index (χ4v) is 2.11. The lowest BCUT2D eigenvalue weighted by Gasteiger charge is -2.09. The molecule has 0 spiro atoms. The van der Waals surface area contributed by atoms with Crippen molar-refractivity contribution >= 4 is 11.7 Å². The smallest absolute Gasteiger partial charge is 0.225 e. The lowest BCUT2D eigenvalue weighted by atomic mass is 10.0. The summed E-state index contributed by atoms with van der Waals surface area (Å²) in [5.41, 5.74) is 1.00. The molecule has 1 amide bonds. The molecule has 1 atom stereocenters. The molecule has 1 saturated heterocycles. The maximum absolute atomic E-state index is 11.7. The van der Waals surface area contributed by atoms with Gasteiger partial charge in [-0.1, -0.05) is 6.07 Å². The first-order valence-corrected chi connectivity index (χ1v) is 6.18. The normalized spacial score (nSPS) is 19.2. The van der Waals surface area contributed by atoms with E-state index in [4.69, 9.17) is 0 Å². The van der Waals surface area contributed by atoms with Crippen LogP contribution < -0.4 is 10.6 Å². The summed E-state index contributed by atoms with van der Waals surface area (Å²) in [5.74, 6) is 1.41. The van der Waals surface area contributed by atoms with Crippen molar-refractivity contribution in [2.45, 2.75) is 26.2 Å². The molecule has 2 N–H and O–H groups in total. The number of hydrogen-bond donors (Lipinski definition) is 2. The summed E-state index contributed by atoms with van der Waals surface area (Å²) >= 11 is 0. The monoisotopic (exact) mass is 233 g/mol. The van der Waals surface area contributed by atoms with Crippen LogP contribution in [0, 0.1) is 12.8 Å². The first kappa shape index (κ1) is 12.0. The Bertz CT molecular complexity index is 386. The Hall–Kier alpha value is -1.42. The SMILES string of the molecule is Cc1cccnc1NC(=O)CCC1CCNC1. The molecule has 2 rings (SSSR count). The zero-order valence-corrected chi connectivity index (χ0v) is 10.2. The third kappa shape index (κ3) is 3.53. The number of rotatable bonds is 4. The second-order valence-corrected chi connectivity index (χ2v) is 4.61. The molecule has 92 valence electrons.